The van der Waals surface area contributed by atoms with Crippen LogP contribution in [0.4, 0.5) is 13.2 Å². The number of ketones is 1. The van der Waals surface area contributed by atoms with Crippen LogP contribution >= 0.6 is 35.1 Å². The van der Waals surface area contributed by atoms with Gasteiger partial charge in [-0.2, -0.15) is 0 Å². The minimum atomic E-state index is -0.754. The Morgan fingerprint density at radius 3 is 2.48 bits per heavy atom. The van der Waals surface area contributed by atoms with Crippen LogP contribution < -0.4 is 0 Å². The molecule has 10 heteroatoms. The van der Waals surface area contributed by atoms with Crippen molar-refractivity contribution in [3.8, 4) is 5.69 Å². The van der Waals surface area contributed by atoms with E-state index in [2.05, 4.69) is 6.07 Å². The fourth-order valence-electron chi connectivity index (χ4n) is 5.43. The van der Waals surface area contributed by atoms with E-state index in [9.17, 15) is 14.0 Å². The smallest absolute Gasteiger partial charge is 0.201 e. The summed E-state index contributed by atoms with van der Waals surface area (Å²) >= 11 is 8.29. The standard InChI is InChI=1S/C32H24ClF3N2O2S2/c1-17-11-19(5-10-24(17)33)22-3-2-4-27-31(22)38(21-8-6-20(34)7-9-21)32(37-27)41-16-23-25(35)12-18(13-26(23)36)14-29-28(39)15-30(40)42-29/h5-14,22H,2-4,15-16H2,1H3/b29-14-. The number of fused-ring (bicyclic) bond motifs is 1. The number of allylic oxidation sites excluding steroid dienone is 1. The Balaban J connectivity index is 1.36. The topological polar surface area (TPSA) is 52.0 Å². The lowest BCUT2D eigenvalue weighted by atomic mass is 9.83. The van der Waals surface area contributed by atoms with Crippen molar-refractivity contribution in [1.29, 1.82) is 0 Å². The molecule has 4 nitrogen and oxygen atoms in total. The lowest BCUT2D eigenvalue weighted by Gasteiger charge is -2.25. The zero-order valence-corrected chi connectivity index (χ0v) is 24.8. The van der Waals surface area contributed by atoms with Gasteiger partial charge in [0.25, 0.3) is 0 Å². The maximum Gasteiger partial charge on any atom is 0.201 e. The molecule has 0 N–H and O–H groups in total. The third-order valence-corrected chi connectivity index (χ3v) is 9.80. The van der Waals surface area contributed by atoms with Crippen molar-refractivity contribution >= 4 is 52.1 Å². The van der Waals surface area contributed by atoms with Crippen LogP contribution in [0.5, 0.6) is 0 Å². The third-order valence-electron chi connectivity index (χ3n) is 7.47. The van der Waals surface area contributed by atoms with Gasteiger partial charge in [-0.05, 0) is 103 Å². The Hall–Kier alpha value is -3.27. The molecule has 1 fully saturated rings. The van der Waals surface area contributed by atoms with E-state index in [-0.39, 0.29) is 50.8 Å². The summed E-state index contributed by atoms with van der Waals surface area (Å²) < 4.78 is 46.2. The number of aromatic nitrogens is 2. The van der Waals surface area contributed by atoms with E-state index < -0.39 is 11.6 Å². The molecule has 4 aromatic rings. The molecular formula is C32H24ClF3N2O2S2. The Kier molecular flexibility index (Phi) is 8.09. The van der Waals surface area contributed by atoms with E-state index in [0.717, 1.165) is 53.5 Å². The van der Waals surface area contributed by atoms with Crippen LogP contribution in [0.3, 0.4) is 0 Å². The molecule has 1 saturated heterocycles. The van der Waals surface area contributed by atoms with E-state index >= 15 is 8.78 Å². The highest BCUT2D eigenvalue weighted by molar-refractivity contribution is 8.18. The predicted molar refractivity (Wildman–Crippen MR) is 161 cm³/mol. The van der Waals surface area contributed by atoms with Crippen molar-refractivity contribution in [2.75, 3.05) is 0 Å². The van der Waals surface area contributed by atoms with E-state index in [1.165, 1.54) is 42.1 Å². The highest BCUT2D eigenvalue weighted by Crippen LogP contribution is 2.42. The molecular weight excluding hydrogens is 601 g/mol. The van der Waals surface area contributed by atoms with Gasteiger partial charge in [0.05, 0.1) is 22.7 Å². The summed E-state index contributed by atoms with van der Waals surface area (Å²) in [4.78, 5) is 28.6. The second-order valence-corrected chi connectivity index (χ2v) is 12.8. The number of halogens is 4. The summed E-state index contributed by atoms with van der Waals surface area (Å²) in [6.07, 6.45) is 3.70. The lowest BCUT2D eigenvalue weighted by Crippen LogP contribution is -2.15. The van der Waals surface area contributed by atoms with Gasteiger partial charge < -0.3 is 0 Å². The Morgan fingerprint density at radius 2 is 1.81 bits per heavy atom. The number of carbonyl (C=O) groups excluding carboxylic acids is 2. The SMILES string of the molecule is Cc1cc(C2CCCc3nc(SCc4c(F)cc(/C=C5\SC(=O)CC5=O)cc4F)n(-c4ccc(F)cc4)c32)ccc1Cl. The number of hydrogen-bond acceptors (Lipinski definition) is 5. The molecule has 0 saturated carbocycles. The zero-order valence-electron chi connectivity index (χ0n) is 22.4. The zero-order chi connectivity index (χ0) is 29.5. The van der Waals surface area contributed by atoms with Crippen molar-refractivity contribution in [3.05, 3.63) is 116 Å². The Bertz CT molecular complexity index is 1750. The third kappa shape index (κ3) is 5.70. The van der Waals surface area contributed by atoms with E-state index in [1.54, 1.807) is 12.1 Å². The van der Waals surface area contributed by atoms with Gasteiger partial charge in [-0.3, -0.25) is 14.2 Å². The number of aryl methyl sites for hydroxylation is 2. The number of imidazole rings is 1. The molecule has 1 aromatic heterocycles. The number of rotatable bonds is 6. The van der Waals surface area contributed by atoms with Crippen LogP contribution in [-0.2, 0) is 21.8 Å². The molecule has 6 rings (SSSR count). The number of hydrogen-bond donors (Lipinski definition) is 0. The maximum atomic E-state index is 15.2. The molecule has 0 radical (unpaired) electrons. The molecule has 1 atom stereocenters. The summed E-state index contributed by atoms with van der Waals surface area (Å²) in [6.45, 7) is 1.96. The first-order chi connectivity index (χ1) is 20.2. The van der Waals surface area contributed by atoms with Crippen LogP contribution in [0.1, 0.15) is 58.8 Å². The van der Waals surface area contributed by atoms with Crippen LogP contribution in [-0.4, -0.2) is 20.4 Å². The summed E-state index contributed by atoms with van der Waals surface area (Å²) in [6, 6.07) is 14.4. The average molecular weight is 625 g/mol. The Labute approximate surface area is 254 Å². The molecule has 0 bridgehead atoms. The lowest BCUT2D eigenvalue weighted by molar-refractivity contribution is -0.119. The van der Waals surface area contributed by atoms with Crippen LogP contribution in [0.25, 0.3) is 11.8 Å². The van der Waals surface area contributed by atoms with Gasteiger partial charge in [0.15, 0.2) is 10.9 Å². The minimum Gasteiger partial charge on any atom is -0.293 e. The van der Waals surface area contributed by atoms with Crippen molar-refractivity contribution in [3.63, 3.8) is 0 Å². The molecule has 1 unspecified atom stereocenters. The molecule has 1 aliphatic carbocycles. The molecule has 42 heavy (non-hydrogen) atoms. The average Bonchev–Trinajstić information content (AvgIpc) is 3.48. The highest BCUT2D eigenvalue weighted by Gasteiger charge is 2.31. The quantitative estimate of drug-likeness (QED) is 0.122. The summed E-state index contributed by atoms with van der Waals surface area (Å²) in [5.41, 5.74) is 4.71. The highest BCUT2D eigenvalue weighted by atomic mass is 35.5. The molecule has 214 valence electrons. The number of thioether (sulfide) groups is 2. The van der Waals surface area contributed by atoms with Gasteiger partial charge in [0.2, 0.25) is 5.12 Å². The second kappa shape index (κ2) is 11.8. The van der Waals surface area contributed by atoms with Gasteiger partial charge in [-0.1, -0.05) is 35.5 Å². The number of benzene rings is 3. The predicted octanol–water partition coefficient (Wildman–Crippen LogP) is 8.59. The van der Waals surface area contributed by atoms with E-state index in [0.29, 0.717) is 15.9 Å². The van der Waals surface area contributed by atoms with Crippen molar-refractivity contribution in [2.45, 2.75) is 49.4 Å². The van der Waals surface area contributed by atoms with Gasteiger partial charge in [-0.25, -0.2) is 18.2 Å². The van der Waals surface area contributed by atoms with E-state index in [4.69, 9.17) is 16.6 Å². The summed E-state index contributed by atoms with van der Waals surface area (Å²) in [7, 11) is 0. The van der Waals surface area contributed by atoms with Gasteiger partial charge >= 0.3 is 0 Å². The van der Waals surface area contributed by atoms with Gasteiger partial charge in [0, 0.05) is 27.9 Å². The van der Waals surface area contributed by atoms with Crippen LogP contribution in [0.2, 0.25) is 5.02 Å². The Morgan fingerprint density at radius 1 is 1.07 bits per heavy atom. The van der Waals surface area contributed by atoms with Crippen LogP contribution in [0, 0.1) is 24.4 Å². The largest absolute Gasteiger partial charge is 0.293 e. The van der Waals surface area contributed by atoms with Crippen molar-refractivity contribution in [1.82, 2.24) is 9.55 Å². The molecule has 2 aliphatic rings. The summed E-state index contributed by atoms with van der Waals surface area (Å²) in [5.74, 6) is -2.25. The minimum absolute atomic E-state index is 0.0143. The fraction of sp³-hybridized carbons (Fsp3) is 0.219. The number of carbonyl (C=O) groups is 2. The van der Waals surface area contributed by atoms with Gasteiger partial charge in [-0.15, -0.1) is 0 Å². The molecule has 0 spiro atoms. The first-order valence-corrected chi connectivity index (χ1v) is 15.6. The normalized spacial score (nSPS) is 17.7. The first kappa shape index (κ1) is 28.8. The number of Topliss-reactive ketones (excluding diaryl/α,β-unsaturated/α-hetero) is 1. The molecule has 1 aliphatic heterocycles. The second-order valence-electron chi connectivity index (χ2n) is 10.3. The number of nitrogens with zero attached hydrogens (tertiary/aromatic N) is 2. The maximum absolute atomic E-state index is 15.2. The molecule has 2 heterocycles. The molecule has 0 amide bonds. The van der Waals surface area contributed by atoms with E-state index in [1.807, 2.05) is 23.6 Å². The van der Waals surface area contributed by atoms with Gasteiger partial charge in [0.1, 0.15) is 17.5 Å². The monoisotopic (exact) mass is 624 g/mol. The fourth-order valence-corrected chi connectivity index (χ4v) is 7.43. The molecule has 3 aromatic carbocycles. The van der Waals surface area contributed by atoms with Crippen molar-refractivity contribution < 1.29 is 22.8 Å². The summed E-state index contributed by atoms with van der Waals surface area (Å²) in [5, 5.41) is 0.958. The first-order valence-electron chi connectivity index (χ1n) is 13.4. The van der Waals surface area contributed by atoms with Crippen LogP contribution in [0.15, 0.2) is 64.7 Å². The van der Waals surface area contributed by atoms with Crippen molar-refractivity contribution in [2.24, 2.45) is 0 Å².